The van der Waals surface area contributed by atoms with Crippen molar-refractivity contribution in [2.45, 2.75) is 0 Å². The van der Waals surface area contributed by atoms with E-state index in [1.54, 1.807) is 18.7 Å². The monoisotopic (exact) mass is 265 g/mol. The van der Waals surface area contributed by atoms with Gasteiger partial charge in [0.1, 0.15) is 0 Å². The Morgan fingerprint density at radius 3 is 2.80 bits per heavy atom. The Kier molecular flexibility index (Phi) is 2.42. The number of rotatable bonds is 2. The number of nitrogens with zero attached hydrogens (tertiary/aromatic N) is 2. The maximum Gasteiger partial charge on any atom is 0.231 e. The Morgan fingerprint density at radius 2 is 1.90 bits per heavy atom. The van der Waals surface area contributed by atoms with Crippen LogP contribution in [0.4, 0.5) is 0 Å². The summed E-state index contributed by atoms with van der Waals surface area (Å²) in [5.74, 6) is 1.57. The van der Waals surface area contributed by atoms with Crippen molar-refractivity contribution in [2.24, 2.45) is 0 Å². The zero-order valence-electron chi connectivity index (χ0n) is 10.5. The van der Waals surface area contributed by atoms with Gasteiger partial charge < -0.3 is 14.5 Å². The van der Waals surface area contributed by atoms with Crippen LogP contribution >= 0.6 is 0 Å². The Morgan fingerprint density at radius 1 is 1.00 bits per heavy atom. The van der Waals surface area contributed by atoms with Crippen LogP contribution in [0.3, 0.4) is 0 Å². The van der Waals surface area contributed by atoms with Crippen LogP contribution in [0.15, 0.2) is 49.1 Å². The Balaban J connectivity index is 1.77. The normalized spacial score (nSPS) is 12.6. The van der Waals surface area contributed by atoms with E-state index in [4.69, 9.17) is 9.47 Å². The standard InChI is InChI=1S/C15H11N3O2/c1-2-14-15(20-9-19-14)6-10(1)11-3-4-17-12(5-11)13-7-16-8-18-13/h1-8H,9H2,(H,16,18). The molecule has 3 aromatic rings. The molecule has 5 nitrogen and oxygen atoms in total. The second-order valence-corrected chi connectivity index (χ2v) is 4.46. The van der Waals surface area contributed by atoms with E-state index in [1.165, 1.54) is 0 Å². The molecule has 0 saturated carbocycles. The molecule has 0 amide bonds. The number of benzene rings is 1. The molecular formula is C15H11N3O2. The van der Waals surface area contributed by atoms with Crippen LogP contribution < -0.4 is 9.47 Å². The summed E-state index contributed by atoms with van der Waals surface area (Å²) in [6, 6.07) is 9.91. The lowest BCUT2D eigenvalue weighted by Crippen LogP contribution is -1.92. The third-order valence-corrected chi connectivity index (χ3v) is 3.24. The van der Waals surface area contributed by atoms with E-state index < -0.39 is 0 Å². The molecule has 0 saturated heterocycles. The Hall–Kier alpha value is -2.82. The molecule has 3 heterocycles. The summed E-state index contributed by atoms with van der Waals surface area (Å²) in [6.07, 6.45) is 5.19. The smallest absolute Gasteiger partial charge is 0.231 e. The number of aromatic amines is 1. The molecular weight excluding hydrogens is 254 g/mol. The van der Waals surface area contributed by atoms with E-state index in [0.29, 0.717) is 0 Å². The number of H-pyrrole nitrogens is 1. The van der Waals surface area contributed by atoms with Gasteiger partial charge in [-0.1, -0.05) is 6.07 Å². The zero-order valence-corrected chi connectivity index (χ0v) is 10.5. The molecule has 0 atom stereocenters. The maximum absolute atomic E-state index is 5.41. The summed E-state index contributed by atoms with van der Waals surface area (Å²) in [6.45, 7) is 0.286. The second kappa shape index (κ2) is 4.38. The SMILES string of the molecule is c1cc(-c2ccc3c(c2)OCO3)cc(-c2cnc[nH]2)n1. The average Bonchev–Trinajstić information content (AvgIpc) is 3.18. The van der Waals surface area contributed by atoms with Crippen molar-refractivity contribution in [3.63, 3.8) is 0 Å². The molecule has 2 aromatic heterocycles. The molecule has 98 valence electrons. The molecule has 1 aliphatic rings. The first kappa shape index (κ1) is 11.0. The largest absolute Gasteiger partial charge is 0.454 e. The summed E-state index contributed by atoms with van der Waals surface area (Å²) in [4.78, 5) is 11.4. The van der Waals surface area contributed by atoms with Crippen LogP contribution in [-0.2, 0) is 0 Å². The Labute approximate surface area is 115 Å². The number of hydrogen-bond acceptors (Lipinski definition) is 4. The highest BCUT2D eigenvalue weighted by molar-refractivity contribution is 5.71. The average molecular weight is 265 g/mol. The Bertz CT molecular complexity index is 754. The van der Waals surface area contributed by atoms with E-state index in [9.17, 15) is 0 Å². The van der Waals surface area contributed by atoms with Crippen LogP contribution in [0.5, 0.6) is 11.5 Å². The number of pyridine rings is 1. The second-order valence-electron chi connectivity index (χ2n) is 4.46. The predicted molar refractivity (Wildman–Crippen MR) is 73.4 cm³/mol. The minimum atomic E-state index is 0.286. The van der Waals surface area contributed by atoms with Crippen molar-refractivity contribution < 1.29 is 9.47 Å². The van der Waals surface area contributed by atoms with E-state index in [1.807, 2.05) is 30.3 Å². The fraction of sp³-hybridized carbons (Fsp3) is 0.0667. The molecule has 5 heteroatoms. The molecule has 1 aromatic carbocycles. The molecule has 0 radical (unpaired) electrons. The highest BCUT2D eigenvalue weighted by Gasteiger charge is 2.14. The third kappa shape index (κ3) is 1.80. The van der Waals surface area contributed by atoms with E-state index in [0.717, 1.165) is 34.0 Å². The van der Waals surface area contributed by atoms with Gasteiger partial charge in [0.05, 0.1) is 23.9 Å². The topological polar surface area (TPSA) is 60.0 Å². The van der Waals surface area contributed by atoms with Gasteiger partial charge in [0, 0.05) is 6.20 Å². The van der Waals surface area contributed by atoms with Gasteiger partial charge in [0.2, 0.25) is 6.79 Å². The molecule has 0 bridgehead atoms. The molecule has 0 unspecified atom stereocenters. The minimum Gasteiger partial charge on any atom is -0.454 e. The number of ether oxygens (including phenoxy) is 2. The number of hydrogen-bond donors (Lipinski definition) is 1. The van der Waals surface area contributed by atoms with Crippen molar-refractivity contribution in [3.8, 4) is 34.0 Å². The maximum atomic E-state index is 5.41. The van der Waals surface area contributed by atoms with Crippen molar-refractivity contribution in [1.82, 2.24) is 15.0 Å². The molecule has 0 aliphatic carbocycles. The van der Waals surface area contributed by atoms with E-state index >= 15 is 0 Å². The lowest BCUT2D eigenvalue weighted by atomic mass is 10.0. The fourth-order valence-corrected chi connectivity index (χ4v) is 2.23. The van der Waals surface area contributed by atoms with Crippen LogP contribution in [0.1, 0.15) is 0 Å². The fourth-order valence-electron chi connectivity index (χ4n) is 2.23. The number of nitrogens with one attached hydrogen (secondary N) is 1. The molecule has 4 rings (SSSR count). The first-order valence-electron chi connectivity index (χ1n) is 6.25. The van der Waals surface area contributed by atoms with Gasteiger partial charge in [0.15, 0.2) is 11.5 Å². The quantitative estimate of drug-likeness (QED) is 0.774. The van der Waals surface area contributed by atoms with Gasteiger partial charge in [-0.15, -0.1) is 0 Å². The van der Waals surface area contributed by atoms with Crippen LogP contribution in [0.25, 0.3) is 22.5 Å². The lowest BCUT2D eigenvalue weighted by Gasteiger charge is -2.05. The van der Waals surface area contributed by atoms with Crippen LogP contribution in [-0.4, -0.2) is 21.7 Å². The van der Waals surface area contributed by atoms with Crippen LogP contribution in [0.2, 0.25) is 0 Å². The van der Waals surface area contributed by atoms with Crippen LogP contribution in [0, 0.1) is 0 Å². The summed E-state index contributed by atoms with van der Waals surface area (Å²) in [7, 11) is 0. The number of fused-ring (bicyclic) bond motifs is 1. The highest BCUT2D eigenvalue weighted by atomic mass is 16.7. The first-order chi connectivity index (χ1) is 9.90. The minimum absolute atomic E-state index is 0.286. The highest BCUT2D eigenvalue weighted by Crippen LogP contribution is 2.36. The third-order valence-electron chi connectivity index (χ3n) is 3.24. The van der Waals surface area contributed by atoms with Gasteiger partial charge in [0.25, 0.3) is 0 Å². The van der Waals surface area contributed by atoms with Gasteiger partial charge in [-0.25, -0.2) is 4.98 Å². The van der Waals surface area contributed by atoms with Gasteiger partial charge in [-0.05, 0) is 35.4 Å². The summed E-state index contributed by atoms with van der Waals surface area (Å²) in [5, 5.41) is 0. The molecule has 0 fully saturated rings. The lowest BCUT2D eigenvalue weighted by molar-refractivity contribution is 0.174. The van der Waals surface area contributed by atoms with Gasteiger partial charge >= 0.3 is 0 Å². The van der Waals surface area contributed by atoms with Crippen molar-refractivity contribution >= 4 is 0 Å². The first-order valence-corrected chi connectivity index (χ1v) is 6.25. The molecule has 1 aliphatic heterocycles. The molecule has 1 N–H and O–H groups in total. The molecule has 20 heavy (non-hydrogen) atoms. The predicted octanol–water partition coefficient (Wildman–Crippen LogP) is 2.87. The van der Waals surface area contributed by atoms with E-state index in [-0.39, 0.29) is 6.79 Å². The van der Waals surface area contributed by atoms with Gasteiger partial charge in [-0.3, -0.25) is 4.98 Å². The molecule has 0 spiro atoms. The summed E-state index contributed by atoms with van der Waals surface area (Å²) >= 11 is 0. The zero-order chi connectivity index (χ0) is 13.4. The van der Waals surface area contributed by atoms with Crippen molar-refractivity contribution in [1.29, 1.82) is 0 Å². The van der Waals surface area contributed by atoms with Crippen molar-refractivity contribution in [2.75, 3.05) is 6.79 Å². The van der Waals surface area contributed by atoms with E-state index in [2.05, 4.69) is 15.0 Å². The van der Waals surface area contributed by atoms with Crippen molar-refractivity contribution in [3.05, 3.63) is 49.1 Å². The summed E-state index contributed by atoms with van der Waals surface area (Å²) < 4.78 is 10.7. The number of imidazole rings is 1. The summed E-state index contributed by atoms with van der Waals surface area (Å²) in [5.41, 5.74) is 3.89. The van der Waals surface area contributed by atoms with Gasteiger partial charge in [-0.2, -0.15) is 0 Å². The number of aromatic nitrogens is 3.